The predicted molar refractivity (Wildman–Crippen MR) is 63.4 cm³/mol. The zero-order valence-corrected chi connectivity index (χ0v) is 9.09. The first-order chi connectivity index (χ1) is 8.16. The van der Waals surface area contributed by atoms with Gasteiger partial charge in [-0.3, -0.25) is 4.79 Å². The third kappa shape index (κ3) is 1.62. The molecule has 0 saturated heterocycles. The maximum atomic E-state index is 11.7. The highest BCUT2D eigenvalue weighted by atomic mass is 16.4. The van der Waals surface area contributed by atoms with Crippen LogP contribution in [0.5, 0.6) is 0 Å². The number of carboxylic acid groups (broad SMARTS) is 1. The Bertz CT molecular complexity index is 668. The molecule has 4 heteroatoms. The minimum atomic E-state index is -1.01. The molecular formula is C13H11NO3. The van der Waals surface area contributed by atoms with E-state index in [4.69, 9.17) is 5.11 Å². The summed E-state index contributed by atoms with van der Waals surface area (Å²) in [5.74, 6) is -1.01. The first kappa shape index (κ1) is 10.1. The smallest absolute Gasteiger partial charge is 0.335 e. The van der Waals surface area contributed by atoms with Crippen LogP contribution >= 0.6 is 0 Å². The molecule has 0 aliphatic heterocycles. The molecule has 1 aliphatic rings. The summed E-state index contributed by atoms with van der Waals surface area (Å²) in [7, 11) is 0. The summed E-state index contributed by atoms with van der Waals surface area (Å²) in [6, 6.07) is 6.70. The Morgan fingerprint density at radius 3 is 2.71 bits per heavy atom. The fraction of sp³-hybridized carbons (Fsp3) is 0.231. The Labute approximate surface area is 97.1 Å². The van der Waals surface area contributed by atoms with Gasteiger partial charge in [0.15, 0.2) is 5.43 Å². The molecule has 1 aromatic heterocycles. The molecule has 1 fully saturated rings. The van der Waals surface area contributed by atoms with E-state index in [1.807, 2.05) is 0 Å². The van der Waals surface area contributed by atoms with Crippen molar-refractivity contribution in [3.63, 3.8) is 0 Å². The van der Waals surface area contributed by atoms with Crippen LogP contribution in [0.1, 0.15) is 29.2 Å². The second-order valence-corrected chi connectivity index (χ2v) is 4.36. The number of hydrogen-bond acceptors (Lipinski definition) is 2. The van der Waals surface area contributed by atoms with Crippen LogP contribution in [0.25, 0.3) is 10.9 Å². The minimum absolute atomic E-state index is 0.125. The molecule has 17 heavy (non-hydrogen) atoms. The van der Waals surface area contributed by atoms with Crippen molar-refractivity contribution in [2.45, 2.75) is 18.9 Å². The average molecular weight is 229 g/mol. The van der Waals surface area contributed by atoms with Crippen molar-refractivity contribution in [1.82, 2.24) is 4.57 Å². The zero-order chi connectivity index (χ0) is 12.0. The van der Waals surface area contributed by atoms with Gasteiger partial charge >= 0.3 is 5.97 Å². The first-order valence-electron chi connectivity index (χ1n) is 5.55. The molecule has 4 nitrogen and oxygen atoms in total. The quantitative estimate of drug-likeness (QED) is 0.857. The SMILES string of the molecule is O=C(O)c1ccc2c(c1)c(=O)ccn2C1CC1. The highest BCUT2D eigenvalue weighted by molar-refractivity contribution is 5.93. The molecule has 0 amide bonds. The standard InChI is InChI=1S/C13H11NO3/c15-12-5-6-14(9-2-3-9)11-4-1-8(13(16)17)7-10(11)12/h1,4-7,9H,2-3H2,(H,16,17). The van der Waals surface area contributed by atoms with E-state index < -0.39 is 5.97 Å². The maximum Gasteiger partial charge on any atom is 0.335 e. The number of aromatic carboxylic acids is 1. The van der Waals surface area contributed by atoms with Crippen LogP contribution in [0.15, 0.2) is 35.3 Å². The van der Waals surface area contributed by atoms with Gasteiger partial charge in [-0.05, 0) is 31.0 Å². The summed E-state index contributed by atoms with van der Waals surface area (Å²) in [6.07, 6.45) is 4.04. The van der Waals surface area contributed by atoms with E-state index in [-0.39, 0.29) is 11.0 Å². The number of benzene rings is 1. The maximum absolute atomic E-state index is 11.7. The third-order valence-electron chi connectivity index (χ3n) is 3.11. The van der Waals surface area contributed by atoms with Crippen LogP contribution < -0.4 is 5.43 Å². The van der Waals surface area contributed by atoms with Gasteiger partial charge in [0.25, 0.3) is 0 Å². The summed E-state index contributed by atoms with van der Waals surface area (Å²) in [4.78, 5) is 22.6. The molecule has 1 heterocycles. The largest absolute Gasteiger partial charge is 0.478 e. The Morgan fingerprint density at radius 1 is 1.29 bits per heavy atom. The highest BCUT2D eigenvalue weighted by Gasteiger charge is 2.24. The lowest BCUT2D eigenvalue weighted by Crippen LogP contribution is -2.08. The lowest BCUT2D eigenvalue weighted by molar-refractivity contribution is 0.0697. The fourth-order valence-electron chi connectivity index (χ4n) is 2.08. The molecule has 0 unspecified atom stereocenters. The minimum Gasteiger partial charge on any atom is -0.478 e. The molecule has 0 radical (unpaired) electrons. The number of hydrogen-bond donors (Lipinski definition) is 1. The van der Waals surface area contributed by atoms with Gasteiger partial charge in [0.1, 0.15) is 0 Å². The first-order valence-corrected chi connectivity index (χ1v) is 5.55. The summed E-state index contributed by atoms with van der Waals surface area (Å²) in [5.41, 5.74) is 0.855. The Kier molecular flexibility index (Phi) is 2.04. The van der Waals surface area contributed by atoms with E-state index in [1.165, 1.54) is 12.1 Å². The Morgan fingerprint density at radius 2 is 2.06 bits per heavy atom. The van der Waals surface area contributed by atoms with Crippen LogP contribution in [0.2, 0.25) is 0 Å². The van der Waals surface area contributed by atoms with Crippen LogP contribution in [0.4, 0.5) is 0 Å². The van der Waals surface area contributed by atoms with Crippen molar-refractivity contribution in [3.05, 3.63) is 46.2 Å². The van der Waals surface area contributed by atoms with Gasteiger partial charge in [0.05, 0.1) is 11.1 Å². The average Bonchev–Trinajstić information content (AvgIpc) is 3.13. The lowest BCUT2D eigenvalue weighted by Gasteiger charge is -2.09. The van der Waals surface area contributed by atoms with Gasteiger partial charge in [0, 0.05) is 23.7 Å². The van der Waals surface area contributed by atoms with Gasteiger partial charge in [-0.25, -0.2) is 4.79 Å². The van der Waals surface area contributed by atoms with E-state index in [9.17, 15) is 9.59 Å². The highest BCUT2D eigenvalue weighted by Crippen LogP contribution is 2.36. The van der Waals surface area contributed by atoms with Crippen LogP contribution in [-0.4, -0.2) is 15.6 Å². The number of fused-ring (bicyclic) bond motifs is 1. The molecule has 0 atom stereocenters. The number of carboxylic acids is 1. The lowest BCUT2D eigenvalue weighted by atomic mass is 10.1. The Balaban J connectivity index is 2.32. The Hall–Kier alpha value is -2.10. The van der Waals surface area contributed by atoms with Gasteiger partial charge in [-0.15, -0.1) is 0 Å². The van der Waals surface area contributed by atoms with Crippen molar-refractivity contribution < 1.29 is 9.90 Å². The van der Waals surface area contributed by atoms with E-state index in [0.717, 1.165) is 18.4 Å². The van der Waals surface area contributed by atoms with Gasteiger partial charge in [-0.1, -0.05) is 0 Å². The summed E-state index contributed by atoms with van der Waals surface area (Å²) in [5, 5.41) is 9.40. The number of rotatable bonds is 2. The van der Waals surface area contributed by atoms with E-state index in [1.54, 1.807) is 18.3 Å². The third-order valence-corrected chi connectivity index (χ3v) is 3.11. The molecule has 1 aromatic carbocycles. The molecule has 0 spiro atoms. The zero-order valence-electron chi connectivity index (χ0n) is 9.09. The topological polar surface area (TPSA) is 59.3 Å². The molecule has 1 saturated carbocycles. The van der Waals surface area contributed by atoms with Gasteiger partial charge in [-0.2, -0.15) is 0 Å². The van der Waals surface area contributed by atoms with Crippen molar-refractivity contribution in [2.24, 2.45) is 0 Å². The molecule has 86 valence electrons. The number of pyridine rings is 1. The summed E-state index contributed by atoms with van der Waals surface area (Å²) in [6.45, 7) is 0. The molecule has 1 N–H and O–H groups in total. The normalized spacial score (nSPS) is 15.1. The number of carbonyl (C=O) groups is 1. The van der Waals surface area contributed by atoms with Crippen molar-refractivity contribution in [2.75, 3.05) is 0 Å². The van der Waals surface area contributed by atoms with E-state index >= 15 is 0 Å². The monoisotopic (exact) mass is 229 g/mol. The van der Waals surface area contributed by atoms with Gasteiger partial charge < -0.3 is 9.67 Å². The van der Waals surface area contributed by atoms with Crippen molar-refractivity contribution in [1.29, 1.82) is 0 Å². The van der Waals surface area contributed by atoms with E-state index in [0.29, 0.717) is 11.4 Å². The van der Waals surface area contributed by atoms with Crippen LogP contribution in [0, 0.1) is 0 Å². The molecule has 3 rings (SSSR count). The van der Waals surface area contributed by atoms with Crippen molar-refractivity contribution in [3.8, 4) is 0 Å². The molecule has 0 bridgehead atoms. The van der Waals surface area contributed by atoms with E-state index in [2.05, 4.69) is 4.57 Å². The van der Waals surface area contributed by atoms with Crippen molar-refractivity contribution >= 4 is 16.9 Å². The molecule has 1 aliphatic carbocycles. The fourth-order valence-corrected chi connectivity index (χ4v) is 2.08. The van der Waals surface area contributed by atoms with Crippen LogP contribution in [-0.2, 0) is 0 Å². The van der Waals surface area contributed by atoms with Gasteiger partial charge in [0.2, 0.25) is 0 Å². The molecular weight excluding hydrogens is 218 g/mol. The number of aromatic nitrogens is 1. The number of nitrogens with zero attached hydrogens (tertiary/aromatic N) is 1. The van der Waals surface area contributed by atoms with Crippen LogP contribution in [0.3, 0.4) is 0 Å². The second-order valence-electron chi connectivity index (χ2n) is 4.36. The predicted octanol–water partition coefficient (Wildman–Crippen LogP) is 2.03. The summed E-state index contributed by atoms with van der Waals surface area (Å²) < 4.78 is 2.06. The molecule has 2 aromatic rings. The summed E-state index contributed by atoms with van der Waals surface area (Å²) >= 11 is 0. The second kappa shape index (κ2) is 3.45.